The molecule has 0 radical (unpaired) electrons. The molecule has 1 aliphatic rings. The van der Waals surface area contributed by atoms with Gasteiger partial charge >= 0.3 is 0 Å². The van der Waals surface area contributed by atoms with Crippen molar-refractivity contribution in [3.8, 4) is 0 Å². The van der Waals surface area contributed by atoms with E-state index in [2.05, 4.69) is 48.0 Å². The summed E-state index contributed by atoms with van der Waals surface area (Å²) < 4.78 is 2.34. The third kappa shape index (κ3) is 3.13. The molecule has 3 heteroatoms. The molecule has 0 bridgehead atoms. The first kappa shape index (κ1) is 14.6. The van der Waals surface area contributed by atoms with Crippen molar-refractivity contribution in [3.63, 3.8) is 0 Å². The summed E-state index contributed by atoms with van der Waals surface area (Å²) in [6.45, 7) is 6.47. The van der Waals surface area contributed by atoms with E-state index in [1.807, 2.05) is 0 Å². The van der Waals surface area contributed by atoms with Gasteiger partial charge in [-0.3, -0.25) is 0 Å². The second-order valence-electron chi connectivity index (χ2n) is 6.36. The fourth-order valence-corrected chi connectivity index (χ4v) is 3.63. The lowest BCUT2D eigenvalue weighted by molar-refractivity contribution is 0.351. The molecule has 3 nitrogen and oxygen atoms in total. The summed E-state index contributed by atoms with van der Waals surface area (Å²) in [5.41, 5.74) is 2.37. The van der Waals surface area contributed by atoms with E-state index < -0.39 is 0 Å². The highest BCUT2D eigenvalue weighted by Gasteiger charge is 2.20. The van der Waals surface area contributed by atoms with Gasteiger partial charge in [-0.05, 0) is 37.8 Å². The number of nitrogens with one attached hydrogen (secondary N) is 1. The Morgan fingerprint density at radius 1 is 1.19 bits per heavy atom. The quantitative estimate of drug-likeness (QED) is 0.857. The molecule has 0 aliphatic heterocycles. The second-order valence-corrected chi connectivity index (χ2v) is 6.36. The molecule has 0 spiro atoms. The fourth-order valence-electron chi connectivity index (χ4n) is 3.63. The van der Waals surface area contributed by atoms with Crippen molar-refractivity contribution < 1.29 is 0 Å². The minimum Gasteiger partial charge on any atom is -0.327 e. The molecule has 1 aromatic heterocycles. The van der Waals surface area contributed by atoms with Gasteiger partial charge in [-0.25, -0.2) is 4.98 Å². The van der Waals surface area contributed by atoms with Crippen LogP contribution in [0.5, 0.6) is 0 Å². The van der Waals surface area contributed by atoms with E-state index >= 15 is 0 Å². The van der Waals surface area contributed by atoms with Gasteiger partial charge in [-0.15, -0.1) is 0 Å². The molecule has 1 heterocycles. The van der Waals surface area contributed by atoms with Crippen LogP contribution in [0.4, 0.5) is 0 Å². The Morgan fingerprint density at radius 2 is 2.00 bits per heavy atom. The Hall–Kier alpha value is -1.35. The van der Waals surface area contributed by atoms with Gasteiger partial charge in [0.2, 0.25) is 0 Å². The zero-order valence-corrected chi connectivity index (χ0v) is 13.3. The summed E-state index contributed by atoms with van der Waals surface area (Å²) in [5.74, 6) is 1.96. The van der Waals surface area contributed by atoms with Gasteiger partial charge < -0.3 is 9.88 Å². The van der Waals surface area contributed by atoms with Crippen LogP contribution in [0.1, 0.15) is 51.8 Å². The van der Waals surface area contributed by atoms with Crippen molar-refractivity contribution in [2.24, 2.45) is 5.92 Å². The maximum absolute atomic E-state index is 4.82. The van der Waals surface area contributed by atoms with E-state index in [0.717, 1.165) is 24.5 Å². The molecule has 21 heavy (non-hydrogen) atoms. The van der Waals surface area contributed by atoms with Crippen LogP contribution in [0.15, 0.2) is 24.3 Å². The molecule has 1 N–H and O–H groups in total. The van der Waals surface area contributed by atoms with Crippen LogP contribution in [0.3, 0.4) is 0 Å². The number of benzene rings is 1. The molecule has 114 valence electrons. The van der Waals surface area contributed by atoms with Crippen molar-refractivity contribution in [2.75, 3.05) is 0 Å². The molecular weight excluding hydrogens is 258 g/mol. The molecule has 1 aromatic carbocycles. The van der Waals surface area contributed by atoms with Crippen LogP contribution >= 0.6 is 0 Å². The number of aromatic nitrogens is 2. The molecule has 2 unspecified atom stereocenters. The molecule has 1 fully saturated rings. The molecule has 2 aromatic rings. The lowest BCUT2D eigenvalue weighted by Gasteiger charge is -2.22. The first-order valence-corrected chi connectivity index (χ1v) is 8.47. The molecular formula is C18H27N3. The largest absolute Gasteiger partial charge is 0.327 e. The van der Waals surface area contributed by atoms with Crippen LogP contribution < -0.4 is 5.32 Å². The Balaban J connectivity index is 1.75. The lowest BCUT2D eigenvalue weighted by atomic mass is 9.97. The molecule has 1 aliphatic carbocycles. The number of nitrogens with zero attached hydrogens (tertiary/aromatic N) is 2. The maximum atomic E-state index is 4.82. The highest BCUT2D eigenvalue weighted by atomic mass is 15.1. The first-order chi connectivity index (χ1) is 10.3. The molecule has 0 saturated heterocycles. The van der Waals surface area contributed by atoms with E-state index in [1.54, 1.807) is 0 Å². The van der Waals surface area contributed by atoms with Crippen molar-refractivity contribution in [2.45, 2.75) is 65.1 Å². The van der Waals surface area contributed by atoms with Crippen molar-refractivity contribution in [1.29, 1.82) is 0 Å². The number of imidazole rings is 1. The number of rotatable bonds is 4. The lowest BCUT2D eigenvalue weighted by Crippen LogP contribution is -2.34. The van der Waals surface area contributed by atoms with Crippen LogP contribution in [-0.4, -0.2) is 15.6 Å². The molecule has 2 atom stereocenters. The maximum Gasteiger partial charge on any atom is 0.123 e. The Kier molecular flexibility index (Phi) is 4.59. The normalized spacial score (nSPS) is 23.3. The third-order valence-electron chi connectivity index (χ3n) is 4.93. The monoisotopic (exact) mass is 285 g/mol. The van der Waals surface area contributed by atoms with Gasteiger partial charge in [0.05, 0.1) is 17.6 Å². The SMILES string of the molecule is CCn1c(CNC2CCCCCC2C)nc2ccccc21. The van der Waals surface area contributed by atoms with Crippen molar-refractivity contribution in [3.05, 3.63) is 30.1 Å². The Labute approximate surface area is 127 Å². The van der Waals surface area contributed by atoms with E-state index in [1.165, 1.54) is 43.4 Å². The summed E-state index contributed by atoms with van der Waals surface area (Å²) in [7, 11) is 0. The number of aryl methyl sites for hydroxylation is 1. The van der Waals surface area contributed by atoms with Gasteiger partial charge in [0.25, 0.3) is 0 Å². The standard InChI is InChI=1S/C18H27N3/c1-3-21-17-12-8-7-11-16(17)20-18(21)13-19-15-10-6-4-5-9-14(15)2/h7-8,11-12,14-15,19H,3-6,9-10,13H2,1-2H3. The van der Waals surface area contributed by atoms with Crippen LogP contribution in [-0.2, 0) is 13.1 Å². The molecule has 3 rings (SSSR count). The molecule has 0 amide bonds. The van der Waals surface area contributed by atoms with Gasteiger partial charge in [-0.1, -0.05) is 38.3 Å². The highest BCUT2D eigenvalue weighted by molar-refractivity contribution is 5.75. The minimum atomic E-state index is 0.651. The third-order valence-corrected chi connectivity index (χ3v) is 4.93. The van der Waals surface area contributed by atoms with Crippen LogP contribution in [0.25, 0.3) is 11.0 Å². The molecule has 1 saturated carbocycles. The van der Waals surface area contributed by atoms with Gasteiger partial charge in [0, 0.05) is 12.6 Å². The second kappa shape index (κ2) is 6.61. The van der Waals surface area contributed by atoms with Gasteiger partial charge in [-0.2, -0.15) is 0 Å². The number of fused-ring (bicyclic) bond motifs is 1. The Morgan fingerprint density at radius 3 is 2.86 bits per heavy atom. The van der Waals surface area contributed by atoms with E-state index in [9.17, 15) is 0 Å². The predicted molar refractivity (Wildman–Crippen MR) is 88.3 cm³/mol. The number of para-hydroxylation sites is 2. The van der Waals surface area contributed by atoms with E-state index in [-0.39, 0.29) is 0 Å². The average Bonchev–Trinajstić information content (AvgIpc) is 2.73. The zero-order valence-electron chi connectivity index (χ0n) is 13.3. The van der Waals surface area contributed by atoms with Crippen molar-refractivity contribution in [1.82, 2.24) is 14.9 Å². The predicted octanol–water partition coefficient (Wildman–Crippen LogP) is 4.11. The van der Waals surface area contributed by atoms with E-state index in [0.29, 0.717) is 6.04 Å². The van der Waals surface area contributed by atoms with Crippen LogP contribution in [0.2, 0.25) is 0 Å². The topological polar surface area (TPSA) is 29.9 Å². The first-order valence-electron chi connectivity index (χ1n) is 8.47. The summed E-state index contributed by atoms with van der Waals surface area (Å²) in [4.78, 5) is 4.82. The summed E-state index contributed by atoms with van der Waals surface area (Å²) in [5, 5.41) is 3.78. The Bertz CT molecular complexity index is 587. The highest BCUT2D eigenvalue weighted by Crippen LogP contribution is 2.23. The van der Waals surface area contributed by atoms with Gasteiger partial charge in [0.1, 0.15) is 5.82 Å². The number of hydrogen-bond donors (Lipinski definition) is 1. The van der Waals surface area contributed by atoms with Crippen molar-refractivity contribution >= 4 is 11.0 Å². The smallest absolute Gasteiger partial charge is 0.123 e. The van der Waals surface area contributed by atoms with Gasteiger partial charge in [0.15, 0.2) is 0 Å². The van der Waals surface area contributed by atoms with E-state index in [4.69, 9.17) is 4.98 Å². The fraction of sp³-hybridized carbons (Fsp3) is 0.611. The number of hydrogen-bond acceptors (Lipinski definition) is 2. The average molecular weight is 285 g/mol. The summed E-state index contributed by atoms with van der Waals surface area (Å²) in [6, 6.07) is 9.10. The summed E-state index contributed by atoms with van der Waals surface area (Å²) >= 11 is 0. The minimum absolute atomic E-state index is 0.651. The zero-order chi connectivity index (χ0) is 14.7. The summed E-state index contributed by atoms with van der Waals surface area (Å²) in [6.07, 6.45) is 6.84. The van der Waals surface area contributed by atoms with Crippen LogP contribution in [0, 0.1) is 5.92 Å².